The van der Waals surface area contributed by atoms with E-state index in [9.17, 15) is 0 Å². The van der Waals surface area contributed by atoms with Crippen molar-refractivity contribution in [2.24, 2.45) is 4.99 Å². The van der Waals surface area contributed by atoms with Gasteiger partial charge in [0.2, 0.25) is 0 Å². The number of amidine groups is 1. The van der Waals surface area contributed by atoms with Crippen LogP contribution in [-0.2, 0) is 11.3 Å². The van der Waals surface area contributed by atoms with Crippen LogP contribution in [0.2, 0.25) is 5.02 Å². The molecule has 1 fully saturated rings. The highest BCUT2D eigenvalue weighted by atomic mass is 35.5. The van der Waals surface area contributed by atoms with Gasteiger partial charge in [-0.15, -0.1) is 0 Å². The Kier molecular flexibility index (Phi) is 5.44. The Morgan fingerprint density at radius 1 is 1.33 bits per heavy atom. The van der Waals surface area contributed by atoms with Crippen molar-refractivity contribution in [3.05, 3.63) is 34.9 Å². The molecule has 1 unspecified atom stereocenters. The van der Waals surface area contributed by atoms with Crippen LogP contribution in [0.5, 0.6) is 0 Å². The minimum atomic E-state index is 0.331. The third-order valence-corrected chi connectivity index (χ3v) is 5.33. The van der Waals surface area contributed by atoms with Crippen LogP contribution in [0, 0.1) is 0 Å². The highest BCUT2D eigenvalue weighted by molar-refractivity contribution is 8.13. The van der Waals surface area contributed by atoms with Gasteiger partial charge in [-0.3, -0.25) is 4.99 Å². The summed E-state index contributed by atoms with van der Waals surface area (Å²) in [5.74, 6) is 1.16. The third-order valence-electron chi connectivity index (χ3n) is 3.82. The zero-order valence-electron chi connectivity index (χ0n) is 12.1. The first-order valence-electron chi connectivity index (χ1n) is 7.60. The van der Waals surface area contributed by atoms with Crippen LogP contribution in [0.25, 0.3) is 0 Å². The first kappa shape index (κ1) is 15.2. The average Bonchev–Trinajstić information content (AvgIpc) is 3.03. The molecule has 114 valence electrons. The molecular weight excluding hydrogens is 304 g/mol. The molecule has 0 N–H and O–H groups in total. The van der Waals surface area contributed by atoms with Gasteiger partial charge in [0.25, 0.3) is 0 Å². The Morgan fingerprint density at radius 3 is 2.95 bits per heavy atom. The molecule has 0 amide bonds. The second kappa shape index (κ2) is 7.52. The maximum absolute atomic E-state index is 6.32. The molecule has 0 aliphatic carbocycles. The van der Waals surface area contributed by atoms with Crippen molar-refractivity contribution in [3.63, 3.8) is 0 Å². The van der Waals surface area contributed by atoms with E-state index in [0.29, 0.717) is 6.10 Å². The number of hydrogen-bond acceptors (Lipinski definition) is 4. The fourth-order valence-corrected chi connectivity index (χ4v) is 3.87. The second-order valence-corrected chi connectivity index (χ2v) is 6.94. The van der Waals surface area contributed by atoms with E-state index in [4.69, 9.17) is 21.3 Å². The van der Waals surface area contributed by atoms with Crippen LogP contribution in [0.15, 0.2) is 29.3 Å². The largest absolute Gasteiger partial charge is 0.376 e. The molecular formula is C16H21ClN2OS. The van der Waals surface area contributed by atoms with Gasteiger partial charge in [0.15, 0.2) is 5.17 Å². The van der Waals surface area contributed by atoms with Gasteiger partial charge in [-0.05, 0) is 30.9 Å². The first-order chi connectivity index (χ1) is 10.3. The fraction of sp³-hybridized carbons (Fsp3) is 0.562. The first-order valence-corrected chi connectivity index (χ1v) is 8.96. The molecule has 1 aromatic rings. The summed E-state index contributed by atoms with van der Waals surface area (Å²) >= 11 is 8.18. The smallest absolute Gasteiger partial charge is 0.159 e. The number of aliphatic imine (C=N–C) groups is 1. The Hall–Kier alpha value is -0.710. The molecule has 0 aromatic heterocycles. The molecule has 1 saturated heterocycles. The Bertz CT molecular complexity index is 503. The molecule has 21 heavy (non-hydrogen) atoms. The van der Waals surface area contributed by atoms with Gasteiger partial charge in [0.1, 0.15) is 0 Å². The Labute approximate surface area is 135 Å². The number of thioether (sulfide) groups is 1. The third kappa shape index (κ3) is 4.15. The maximum Gasteiger partial charge on any atom is 0.159 e. The van der Waals surface area contributed by atoms with Gasteiger partial charge >= 0.3 is 0 Å². The monoisotopic (exact) mass is 324 g/mol. The van der Waals surface area contributed by atoms with Crippen molar-refractivity contribution in [3.8, 4) is 0 Å². The van der Waals surface area contributed by atoms with E-state index in [1.165, 1.54) is 12.8 Å². The minimum absolute atomic E-state index is 0.331. The van der Waals surface area contributed by atoms with Crippen LogP contribution >= 0.6 is 23.4 Å². The number of nitrogens with zero attached hydrogens (tertiary/aromatic N) is 2. The number of benzene rings is 1. The summed E-state index contributed by atoms with van der Waals surface area (Å²) in [5, 5.41) is 1.98. The number of rotatable bonds is 4. The van der Waals surface area contributed by atoms with Crippen LogP contribution in [-0.4, -0.2) is 41.6 Å². The van der Waals surface area contributed by atoms with Gasteiger partial charge in [0, 0.05) is 37.0 Å². The van der Waals surface area contributed by atoms with Gasteiger partial charge in [-0.1, -0.05) is 41.6 Å². The Balaban J connectivity index is 1.74. The van der Waals surface area contributed by atoms with E-state index < -0.39 is 0 Å². The van der Waals surface area contributed by atoms with Crippen LogP contribution < -0.4 is 0 Å². The van der Waals surface area contributed by atoms with E-state index in [2.05, 4.69) is 11.0 Å². The highest BCUT2D eigenvalue weighted by Gasteiger charge is 2.23. The van der Waals surface area contributed by atoms with Crippen molar-refractivity contribution < 1.29 is 4.74 Å². The molecule has 1 aromatic carbocycles. The lowest BCUT2D eigenvalue weighted by atomic mass is 10.2. The molecule has 0 spiro atoms. The number of hydrogen-bond donors (Lipinski definition) is 0. The van der Waals surface area contributed by atoms with Crippen LogP contribution in [0.3, 0.4) is 0 Å². The molecule has 1 atom stereocenters. The van der Waals surface area contributed by atoms with E-state index in [1.807, 2.05) is 30.0 Å². The fourth-order valence-electron chi connectivity index (χ4n) is 2.72. The number of halogens is 1. The van der Waals surface area contributed by atoms with Crippen molar-refractivity contribution >= 4 is 28.5 Å². The predicted octanol–water partition coefficient (Wildman–Crippen LogP) is 3.81. The van der Waals surface area contributed by atoms with Gasteiger partial charge in [-0.2, -0.15) is 0 Å². The molecule has 0 radical (unpaired) electrons. The molecule has 3 nitrogen and oxygen atoms in total. The van der Waals surface area contributed by atoms with E-state index in [1.54, 1.807) is 0 Å². The van der Waals surface area contributed by atoms with E-state index in [-0.39, 0.29) is 0 Å². The summed E-state index contributed by atoms with van der Waals surface area (Å²) in [5.41, 5.74) is 1.16. The molecule has 3 rings (SSSR count). The summed E-state index contributed by atoms with van der Waals surface area (Å²) in [6.45, 7) is 3.56. The molecule has 2 aliphatic rings. The van der Waals surface area contributed by atoms with Gasteiger partial charge in [0.05, 0.1) is 6.10 Å². The van der Waals surface area contributed by atoms with Crippen molar-refractivity contribution in [2.45, 2.75) is 31.9 Å². The maximum atomic E-state index is 6.32. The normalized spacial score (nSPS) is 22.1. The lowest BCUT2D eigenvalue weighted by Gasteiger charge is -2.30. The lowest BCUT2D eigenvalue weighted by molar-refractivity contribution is 0.0906. The molecule has 0 bridgehead atoms. The van der Waals surface area contributed by atoms with Crippen molar-refractivity contribution in [2.75, 3.05) is 25.4 Å². The number of ether oxygens (including phenoxy) is 1. The summed E-state index contributed by atoms with van der Waals surface area (Å²) in [4.78, 5) is 7.05. The molecule has 2 heterocycles. The summed E-state index contributed by atoms with van der Waals surface area (Å²) in [6.07, 6.45) is 3.83. The lowest BCUT2D eigenvalue weighted by Crippen LogP contribution is -2.36. The van der Waals surface area contributed by atoms with Crippen LogP contribution in [0.1, 0.15) is 24.8 Å². The Morgan fingerprint density at radius 2 is 2.24 bits per heavy atom. The SMILES string of the molecule is Clc1ccccc1CN(CC1CCCO1)C1=NCCCS1. The second-order valence-electron chi connectivity index (χ2n) is 5.47. The molecule has 5 heteroatoms. The van der Waals surface area contributed by atoms with E-state index >= 15 is 0 Å². The van der Waals surface area contributed by atoms with E-state index in [0.717, 1.165) is 54.2 Å². The predicted molar refractivity (Wildman–Crippen MR) is 90.2 cm³/mol. The zero-order valence-corrected chi connectivity index (χ0v) is 13.7. The standard InChI is InChI=1S/C16H21ClN2OS/c17-15-7-2-1-5-13(15)11-19(12-14-6-3-9-20-14)16-18-8-4-10-21-16/h1-2,5,7,14H,3-4,6,8-12H2. The molecule has 0 saturated carbocycles. The summed E-state index contributed by atoms with van der Waals surface area (Å²) in [7, 11) is 0. The average molecular weight is 325 g/mol. The summed E-state index contributed by atoms with van der Waals surface area (Å²) in [6, 6.07) is 8.07. The van der Waals surface area contributed by atoms with Crippen LogP contribution in [0.4, 0.5) is 0 Å². The van der Waals surface area contributed by atoms with Gasteiger partial charge in [-0.25, -0.2) is 0 Å². The minimum Gasteiger partial charge on any atom is -0.376 e. The van der Waals surface area contributed by atoms with Crippen molar-refractivity contribution in [1.29, 1.82) is 0 Å². The van der Waals surface area contributed by atoms with Crippen molar-refractivity contribution in [1.82, 2.24) is 4.90 Å². The zero-order chi connectivity index (χ0) is 14.5. The highest BCUT2D eigenvalue weighted by Crippen LogP contribution is 2.24. The summed E-state index contributed by atoms with van der Waals surface area (Å²) < 4.78 is 5.80. The molecule has 2 aliphatic heterocycles. The quantitative estimate of drug-likeness (QED) is 0.842. The van der Waals surface area contributed by atoms with Gasteiger partial charge < -0.3 is 9.64 Å². The topological polar surface area (TPSA) is 24.8 Å².